The van der Waals surface area contributed by atoms with Gasteiger partial charge < -0.3 is 29.2 Å². The number of aliphatic hydroxyl groups is 3. The van der Waals surface area contributed by atoms with Crippen LogP contribution in [0.4, 0.5) is 0 Å². The molecular weight excluding hydrogens is 307 g/mol. The molecule has 0 saturated carbocycles. The predicted octanol–water partition coefficient (Wildman–Crippen LogP) is 1.40. The molecular formula is C17H42LiO3Ti-. The van der Waals surface area contributed by atoms with E-state index >= 15 is 0 Å². The van der Waals surface area contributed by atoms with Crippen LogP contribution in [0.3, 0.4) is 0 Å². The van der Waals surface area contributed by atoms with Crippen molar-refractivity contribution in [1.82, 2.24) is 0 Å². The molecule has 0 aliphatic heterocycles. The summed E-state index contributed by atoms with van der Waals surface area (Å²) in [5.41, 5.74) is 0. The maximum atomic E-state index is 8.06. The summed E-state index contributed by atoms with van der Waals surface area (Å²) in [4.78, 5) is 0. The Bertz CT molecular complexity index is 83.5. The Labute approximate surface area is 168 Å². The van der Waals surface area contributed by atoms with E-state index in [1.165, 1.54) is 12.8 Å². The van der Waals surface area contributed by atoms with E-state index in [4.69, 9.17) is 15.3 Å². The van der Waals surface area contributed by atoms with Crippen LogP contribution >= 0.6 is 0 Å². The molecule has 3 N–H and O–H groups in total. The third kappa shape index (κ3) is 848. The van der Waals surface area contributed by atoms with Gasteiger partial charge >= 0.3 is 18.9 Å². The van der Waals surface area contributed by atoms with Gasteiger partial charge in [0, 0.05) is 40.0 Å². The van der Waals surface area contributed by atoms with Gasteiger partial charge in [0.25, 0.3) is 0 Å². The van der Waals surface area contributed by atoms with Gasteiger partial charge in [-0.3, -0.25) is 0 Å². The normalized spacial score (nSPS) is 7.64. The van der Waals surface area contributed by atoms with Crippen molar-refractivity contribution in [2.75, 3.05) is 0 Å². The predicted molar refractivity (Wildman–Crippen MR) is 92.6 cm³/mol. The number of hydrogen-bond donors (Lipinski definition) is 3. The third-order valence-corrected chi connectivity index (χ3v) is 0.707. The van der Waals surface area contributed by atoms with Crippen LogP contribution < -0.4 is 18.9 Å². The molecule has 0 bridgehead atoms. The summed E-state index contributed by atoms with van der Waals surface area (Å²) in [7, 11) is 0. The van der Waals surface area contributed by atoms with E-state index in [1.54, 1.807) is 41.5 Å². The molecule has 5 heteroatoms. The molecule has 134 valence electrons. The molecule has 0 fully saturated rings. The number of rotatable bonds is 2. The molecule has 0 aliphatic carbocycles. The first-order chi connectivity index (χ1) is 9.02. The monoisotopic (exact) mass is 349 g/mol. The van der Waals surface area contributed by atoms with Crippen LogP contribution in [0.15, 0.2) is 0 Å². The molecule has 0 saturated heterocycles. The summed E-state index contributed by atoms with van der Waals surface area (Å²) < 4.78 is 0. The first kappa shape index (κ1) is 43.6. The molecule has 0 aliphatic rings. The van der Waals surface area contributed by atoms with E-state index in [1.807, 2.05) is 0 Å². The van der Waals surface area contributed by atoms with Crippen molar-refractivity contribution < 1.29 is 55.9 Å². The fourth-order valence-electron chi connectivity index (χ4n) is 0. The smallest absolute Gasteiger partial charge is 0.394 e. The van der Waals surface area contributed by atoms with Crippen LogP contribution in [0.5, 0.6) is 0 Å². The van der Waals surface area contributed by atoms with Crippen LogP contribution in [0.1, 0.15) is 81.1 Å². The topological polar surface area (TPSA) is 60.7 Å². The van der Waals surface area contributed by atoms with E-state index in [0.29, 0.717) is 0 Å². The van der Waals surface area contributed by atoms with Crippen molar-refractivity contribution in [2.24, 2.45) is 0 Å². The summed E-state index contributed by atoms with van der Waals surface area (Å²) in [5, 5.41) is 24.2. The van der Waals surface area contributed by atoms with Crippen molar-refractivity contribution in [1.29, 1.82) is 0 Å². The zero-order valence-electron chi connectivity index (χ0n) is 16.8. The Morgan fingerprint density at radius 2 is 0.682 bits per heavy atom. The molecule has 0 heterocycles. The Morgan fingerprint density at radius 1 is 0.636 bits per heavy atom. The van der Waals surface area contributed by atoms with Crippen molar-refractivity contribution in [3.05, 3.63) is 13.8 Å². The van der Waals surface area contributed by atoms with Crippen LogP contribution in [0.2, 0.25) is 0 Å². The average molecular weight is 349 g/mol. The van der Waals surface area contributed by atoms with Gasteiger partial charge in [-0.05, 0) is 41.5 Å². The van der Waals surface area contributed by atoms with E-state index in [0.717, 1.165) is 12.8 Å². The first-order valence-corrected chi connectivity index (χ1v) is 7.65. The van der Waals surface area contributed by atoms with Gasteiger partial charge in [0.2, 0.25) is 0 Å². The zero-order valence-corrected chi connectivity index (χ0v) is 18.4. The molecule has 0 spiro atoms. The first-order valence-electron chi connectivity index (χ1n) is 7.65. The van der Waals surface area contributed by atoms with Crippen LogP contribution in [0.25, 0.3) is 0 Å². The van der Waals surface area contributed by atoms with Gasteiger partial charge in [-0.2, -0.15) is 12.8 Å². The SMILES string of the molecule is CC(C)O.CC(C)O.CC(C)O.[CH2-]CCC.[CH2-]CCC.[Li+].[Ti]. The van der Waals surface area contributed by atoms with E-state index < -0.39 is 0 Å². The summed E-state index contributed by atoms with van der Waals surface area (Å²) in [6, 6.07) is 0. The minimum Gasteiger partial charge on any atom is -0.394 e. The second kappa shape index (κ2) is 49.5. The van der Waals surface area contributed by atoms with Crippen LogP contribution in [-0.4, -0.2) is 33.6 Å². The fraction of sp³-hybridized carbons (Fsp3) is 0.882. The van der Waals surface area contributed by atoms with Gasteiger partial charge in [0.05, 0.1) is 0 Å². The zero-order chi connectivity index (χ0) is 17.6. The number of hydrogen-bond acceptors (Lipinski definition) is 3. The third-order valence-electron chi connectivity index (χ3n) is 0.707. The van der Waals surface area contributed by atoms with Crippen molar-refractivity contribution in [3.63, 3.8) is 0 Å². The summed E-state index contributed by atoms with van der Waals surface area (Å²) in [5.74, 6) is 0. The maximum Gasteiger partial charge on any atom is 1.00 e. The fourth-order valence-corrected chi connectivity index (χ4v) is 0. The molecule has 0 atom stereocenters. The average Bonchev–Trinajstić information content (AvgIpc) is 2.26. The molecule has 0 aromatic rings. The summed E-state index contributed by atoms with van der Waals surface area (Å²) >= 11 is 0. The molecule has 0 radical (unpaired) electrons. The summed E-state index contributed by atoms with van der Waals surface area (Å²) in [6.07, 6.45) is 4.06. The second-order valence-corrected chi connectivity index (χ2v) is 4.99. The standard InChI is InChI=1S/2C4H9.3C3H8O.Li.Ti/c2*1-3-4-2;3*1-3(2)4;;/h2*1,3-4H2,2H3;3*3-4H,1-2H3;;/q2*-1;;;;+1;. The van der Waals surface area contributed by atoms with E-state index in [-0.39, 0.29) is 58.9 Å². The Morgan fingerprint density at radius 3 is 0.682 bits per heavy atom. The Kier molecular flexibility index (Phi) is 98.0. The quantitative estimate of drug-likeness (QED) is 0.522. The molecule has 0 aromatic heterocycles. The van der Waals surface area contributed by atoms with E-state index in [2.05, 4.69) is 27.7 Å². The molecule has 0 amide bonds. The number of unbranched alkanes of at least 4 members (excludes halogenated alkanes) is 2. The molecule has 3 nitrogen and oxygen atoms in total. The van der Waals surface area contributed by atoms with Gasteiger partial charge in [0.1, 0.15) is 0 Å². The largest absolute Gasteiger partial charge is 1.00 e. The minimum absolute atomic E-state index is 0. The van der Waals surface area contributed by atoms with Gasteiger partial charge in [-0.25, -0.2) is 0 Å². The molecule has 0 rings (SSSR count). The Balaban J connectivity index is -0.0000000250. The second-order valence-electron chi connectivity index (χ2n) is 4.99. The van der Waals surface area contributed by atoms with Gasteiger partial charge in [-0.1, -0.05) is 26.7 Å². The van der Waals surface area contributed by atoms with Crippen molar-refractivity contribution in [2.45, 2.75) is 99.4 Å². The Hall–Kier alpha value is 1.19. The minimum atomic E-state index is -0.167. The summed E-state index contributed by atoms with van der Waals surface area (Å²) in [6.45, 7) is 21.8. The molecule has 0 aromatic carbocycles. The van der Waals surface area contributed by atoms with Crippen molar-refractivity contribution in [3.8, 4) is 0 Å². The van der Waals surface area contributed by atoms with Gasteiger partial charge in [0.15, 0.2) is 0 Å². The molecule has 0 unspecified atom stereocenters. The van der Waals surface area contributed by atoms with Gasteiger partial charge in [-0.15, -0.1) is 0 Å². The number of aliphatic hydroxyl groups excluding tert-OH is 3. The van der Waals surface area contributed by atoms with Crippen LogP contribution in [-0.2, 0) is 21.7 Å². The van der Waals surface area contributed by atoms with Crippen LogP contribution in [0, 0.1) is 13.8 Å². The van der Waals surface area contributed by atoms with Crippen molar-refractivity contribution >= 4 is 0 Å². The van der Waals surface area contributed by atoms with E-state index in [9.17, 15) is 0 Å². The molecule has 22 heavy (non-hydrogen) atoms. The maximum absolute atomic E-state index is 8.06.